The Morgan fingerprint density at radius 3 is 1.09 bits per heavy atom. The molecule has 0 saturated heterocycles. The van der Waals surface area contributed by atoms with Crippen LogP contribution >= 0.6 is 0 Å². The summed E-state index contributed by atoms with van der Waals surface area (Å²) in [6.07, 6.45) is 0. The third-order valence-electron chi connectivity index (χ3n) is 0.599. The molecule has 0 bridgehead atoms. The van der Waals surface area contributed by atoms with Gasteiger partial charge in [-0.1, -0.05) is 0 Å². The van der Waals surface area contributed by atoms with E-state index in [0.717, 1.165) is 0 Å². The van der Waals surface area contributed by atoms with Gasteiger partial charge < -0.3 is 0 Å². The van der Waals surface area contributed by atoms with Gasteiger partial charge >= 0.3 is 37.7 Å². The molecule has 9 heteroatoms. The normalized spacial score (nSPS) is 12.2. The van der Waals surface area contributed by atoms with Crippen molar-refractivity contribution in [2.75, 3.05) is 11.5 Å². The maximum Gasteiger partial charge on any atom is 2.00 e. The van der Waals surface area contributed by atoms with Crippen LogP contribution in [0.25, 0.3) is 0 Å². The largest absolute Gasteiger partial charge is 2.00 e. The van der Waals surface area contributed by atoms with Crippen LogP contribution in [0.4, 0.5) is 0 Å². The maximum absolute atomic E-state index is 9.86. The Balaban J connectivity index is 0. The molecule has 0 radical (unpaired) electrons. The molecule has 0 fully saturated rings. The summed E-state index contributed by atoms with van der Waals surface area (Å²) in [5.74, 6) is -1.96. The second-order valence-electron chi connectivity index (χ2n) is 1.57. The van der Waals surface area contributed by atoms with Crippen molar-refractivity contribution in [3.63, 3.8) is 0 Å². The predicted octanol–water partition coefficient (Wildman–Crippen LogP) is -1.62. The number of hydrogen-bond donors (Lipinski definition) is 2. The molecule has 62 valence electrons. The molecular weight excluding hydrogens is 224 g/mol. The van der Waals surface area contributed by atoms with E-state index >= 15 is 0 Å². The van der Waals surface area contributed by atoms with Crippen LogP contribution in [-0.4, -0.2) is 75.2 Å². The maximum atomic E-state index is 9.86. The summed E-state index contributed by atoms with van der Waals surface area (Å²) >= 11 is 0. The molecule has 0 rings (SSSR count). The van der Waals surface area contributed by atoms with Crippen LogP contribution in [0.1, 0.15) is 0 Å². The van der Waals surface area contributed by atoms with Crippen molar-refractivity contribution in [1.29, 1.82) is 0 Å². The Morgan fingerprint density at radius 2 is 1.00 bits per heavy atom. The Labute approximate surface area is 94.5 Å². The second-order valence-corrected chi connectivity index (χ2v) is 4.72. The first kappa shape index (κ1) is 14.6. The molecule has 0 aromatic carbocycles. The zero-order valence-electron chi connectivity index (χ0n) is 5.47. The fourth-order valence-corrected chi connectivity index (χ4v) is 1.90. The van der Waals surface area contributed by atoms with Gasteiger partial charge in [0.1, 0.15) is 0 Å². The van der Waals surface area contributed by atoms with E-state index in [2.05, 4.69) is 0 Å². The molecule has 2 N–H and O–H groups in total. The van der Waals surface area contributed by atoms with Crippen LogP contribution in [0.3, 0.4) is 0 Å². The van der Waals surface area contributed by atoms with Gasteiger partial charge in [0.15, 0.2) is 0 Å². The van der Waals surface area contributed by atoms with Crippen LogP contribution in [0.5, 0.6) is 0 Å². The van der Waals surface area contributed by atoms with Gasteiger partial charge in [0.25, 0.3) is 20.2 Å². The topological polar surface area (TPSA) is 109 Å². The molecule has 0 amide bonds. The Morgan fingerprint density at radius 1 is 0.818 bits per heavy atom. The van der Waals surface area contributed by atoms with Crippen LogP contribution < -0.4 is 0 Å². The van der Waals surface area contributed by atoms with E-state index in [1.807, 2.05) is 0 Å². The molecule has 0 aromatic rings. The zero-order chi connectivity index (χ0) is 8.41. The van der Waals surface area contributed by atoms with Crippen LogP contribution in [0.15, 0.2) is 0 Å². The van der Waals surface area contributed by atoms with Crippen molar-refractivity contribution in [1.82, 2.24) is 0 Å². The van der Waals surface area contributed by atoms with Crippen LogP contribution in [0, 0.1) is 0 Å². The predicted molar refractivity (Wildman–Crippen MR) is 38.6 cm³/mol. The van der Waals surface area contributed by atoms with Crippen LogP contribution in [-0.2, 0) is 20.2 Å². The molecule has 0 aliphatic rings. The van der Waals surface area contributed by atoms with Gasteiger partial charge in [-0.05, 0) is 0 Å². The van der Waals surface area contributed by atoms with Gasteiger partial charge in [-0.2, -0.15) is 16.8 Å². The van der Waals surface area contributed by atoms with Gasteiger partial charge in [0.2, 0.25) is 0 Å². The molecule has 0 atom stereocenters. The molecule has 0 unspecified atom stereocenters. The van der Waals surface area contributed by atoms with E-state index in [4.69, 9.17) is 9.11 Å². The zero-order valence-corrected chi connectivity index (χ0v) is 9.31. The van der Waals surface area contributed by atoms with Crippen molar-refractivity contribution in [3.8, 4) is 0 Å². The van der Waals surface area contributed by atoms with Crippen molar-refractivity contribution < 1.29 is 25.9 Å². The second kappa shape index (κ2) is 4.95. The van der Waals surface area contributed by atoms with Gasteiger partial charge in [0, 0.05) is 0 Å². The quantitative estimate of drug-likeness (QED) is 0.445. The number of rotatable bonds is 3. The fourth-order valence-electron chi connectivity index (χ4n) is 0.211. The van der Waals surface area contributed by atoms with Crippen molar-refractivity contribution >= 4 is 58.0 Å². The van der Waals surface area contributed by atoms with E-state index in [-0.39, 0.29) is 37.7 Å². The van der Waals surface area contributed by atoms with Gasteiger partial charge in [-0.25, -0.2) is 0 Å². The summed E-state index contributed by atoms with van der Waals surface area (Å²) in [5, 5.41) is 0. The van der Waals surface area contributed by atoms with Crippen molar-refractivity contribution in [3.05, 3.63) is 0 Å². The molecule has 0 spiro atoms. The van der Waals surface area contributed by atoms with E-state index in [9.17, 15) is 16.8 Å². The molecule has 0 saturated carbocycles. The summed E-state index contributed by atoms with van der Waals surface area (Å²) in [6.45, 7) is 0. The third-order valence-corrected chi connectivity index (χ3v) is 2.30. The SMILES string of the molecule is O=S(=O)(O)CCS(=O)(=O)O.[Ca+2]. The average Bonchev–Trinajstić information content (AvgIpc) is 1.57. The van der Waals surface area contributed by atoms with Crippen molar-refractivity contribution in [2.45, 2.75) is 0 Å². The summed E-state index contributed by atoms with van der Waals surface area (Å²) in [5.41, 5.74) is 0. The van der Waals surface area contributed by atoms with E-state index in [1.54, 1.807) is 0 Å². The standard InChI is InChI=1S/C2H6O6S2.Ca/c3-9(4,5)1-2-10(6,7)8;/h1-2H2,(H,3,4,5)(H,6,7,8);/q;+2. The van der Waals surface area contributed by atoms with Gasteiger partial charge in [-0.3, -0.25) is 9.11 Å². The molecule has 11 heavy (non-hydrogen) atoms. The molecule has 0 heterocycles. The summed E-state index contributed by atoms with van der Waals surface area (Å²) in [7, 11) is -8.59. The molecule has 0 aromatic heterocycles. The fraction of sp³-hybridized carbons (Fsp3) is 1.00. The monoisotopic (exact) mass is 230 g/mol. The smallest absolute Gasteiger partial charge is 0.286 e. The Bertz CT molecular complexity index is 255. The number of hydrogen-bond acceptors (Lipinski definition) is 4. The first-order chi connectivity index (χ1) is 4.21. The van der Waals surface area contributed by atoms with E-state index in [1.165, 1.54) is 0 Å². The van der Waals surface area contributed by atoms with E-state index in [0.29, 0.717) is 0 Å². The third kappa shape index (κ3) is 14.0. The summed E-state index contributed by atoms with van der Waals surface area (Å²) in [6, 6.07) is 0. The molecule has 0 aliphatic carbocycles. The first-order valence-corrected chi connectivity index (χ1v) is 5.33. The van der Waals surface area contributed by atoms with Crippen LogP contribution in [0.2, 0.25) is 0 Å². The van der Waals surface area contributed by atoms with Crippen molar-refractivity contribution in [2.24, 2.45) is 0 Å². The first-order valence-electron chi connectivity index (χ1n) is 2.11. The average molecular weight is 230 g/mol. The minimum Gasteiger partial charge on any atom is -0.286 e. The van der Waals surface area contributed by atoms with Gasteiger partial charge in [-0.15, -0.1) is 0 Å². The molecule has 6 nitrogen and oxygen atoms in total. The molecular formula is C2H6CaO6S2+2. The van der Waals surface area contributed by atoms with E-state index < -0.39 is 31.7 Å². The van der Waals surface area contributed by atoms with Gasteiger partial charge in [0.05, 0.1) is 11.5 Å². The Kier molecular flexibility index (Phi) is 6.57. The minimum atomic E-state index is -4.30. The molecule has 0 aliphatic heterocycles. The Hall–Kier alpha value is 1.08. The summed E-state index contributed by atoms with van der Waals surface area (Å²) in [4.78, 5) is 0. The minimum absolute atomic E-state index is 0. The summed E-state index contributed by atoms with van der Waals surface area (Å²) < 4.78 is 55.4.